The number of likely N-dealkylation sites (tertiary alicyclic amines) is 1. The number of piperidine rings is 1. The van der Waals surface area contributed by atoms with Crippen LogP contribution < -0.4 is 0 Å². The molecule has 1 saturated heterocycles. The average Bonchev–Trinajstić information content (AvgIpc) is 3.16. The summed E-state index contributed by atoms with van der Waals surface area (Å²) in [6, 6.07) is 15.2. The van der Waals surface area contributed by atoms with Gasteiger partial charge < -0.3 is 14.2 Å². The number of fused-ring (bicyclic) bond motifs is 1. The first-order chi connectivity index (χ1) is 14.5. The summed E-state index contributed by atoms with van der Waals surface area (Å²) < 4.78 is 5.73. The normalized spacial score (nSPS) is 16.8. The van der Waals surface area contributed by atoms with Gasteiger partial charge in [0.1, 0.15) is 5.52 Å². The maximum absolute atomic E-state index is 13.0. The molecule has 1 aliphatic heterocycles. The highest BCUT2D eigenvalue weighted by molar-refractivity contribution is 6.30. The molecule has 0 bridgehead atoms. The molecule has 4 rings (SSSR count). The number of benzene rings is 2. The molecular weight excluding hydrogens is 402 g/mol. The monoisotopic (exact) mass is 425 g/mol. The van der Waals surface area contributed by atoms with E-state index < -0.39 is 0 Å². The molecule has 0 radical (unpaired) electrons. The Hall–Kier alpha value is -2.86. The number of carbonyl (C=O) groups is 2. The number of hydrogen-bond donors (Lipinski definition) is 0. The second-order valence-corrected chi connectivity index (χ2v) is 8.16. The standard InChI is InChI=1S/C23H24ClN3O3/c1-26(15-21-25-19-4-2-3-5-20(19)30-21)23(29)17-8-11-22(28)27(14-17)13-12-16-6-9-18(24)10-7-16/h2-7,9-10,17H,8,11-15H2,1H3/t17-/m1/s1. The average molecular weight is 426 g/mol. The summed E-state index contributed by atoms with van der Waals surface area (Å²) in [6.45, 7) is 1.35. The number of oxazole rings is 1. The van der Waals surface area contributed by atoms with Crippen molar-refractivity contribution in [2.45, 2.75) is 25.8 Å². The van der Waals surface area contributed by atoms with Gasteiger partial charge in [0.25, 0.3) is 0 Å². The molecule has 0 saturated carbocycles. The van der Waals surface area contributed by atoms with E-state index in [0.717, 1.165) is 17.5 Å². The van der Waals surface area contributed by atoms with Crippen molar-refractivity contribution >= 4 is 34.5 Å². The topological polar surface area (TPSA) is 66.7 Å². The Morgan fingerprint density at radius 2 is 2.00 bits per heavy atom. The smallest absolute Gasteiger partial charge is 0.227 e. The van der Waals surface area contributed by atoms with Crippen molar-refractivity contribution in [3.8, 4) is 0 Å². The van der Waals surface area contributed by atoms with Crippen LogP contribution in [-0.2, 0) is 22.6 Å². The molecule has 0 spiro atoms. The van der Waals surface area contributed by atoms with Crippen molar-refractivity contribution in [1.82, 2.24) is 14.8 Å². The van der Waals surface area contributed by atoms with Gasteiger partial charge in [0.05, 0.1) is 12.5 Å². The minimum atomic E-state index is -0.206. The molecule has 156 valence electrons. The van der Waals surface area contributed by atoms with Crippen LogP contribution in [0.4, 0.5) is 0 Å². The maximum atomic E-state index is 13.0. The highest BCUT2D eigenvalue weighted by Gasteiger charge is 2.32. The zero-order chi connectivity index (χ0) is 21.1. The summed E-state index contributed by atoms with van der Waals surface area (Å²) in [5.41, 5.74) is 2.61. The SMILES string of the molecule is CN(Cc1nc2ccccc2o1)C(=O)[C@@H]1CCC(=O)N(CCc2ccc(Cl)cc2)C1. The molecule has 2 aromatic carbocycles. The third-order valence-electron chi connectivity index (χ3n) is 5.52. The Morgan fingerprint density at radius 1 is 1.23 bits per heavy atom. The molecule has 6 nitrogen and oxygen atoms in total. The fourth-order valence-corrected chi connectivity index (χ4v) is 3.95. The third kappa shape index (κ3) is 4.65. The Kier molecular flexibility index (Phi) is 6.04. The van der Waals surface area contributed by atoms with E-state index in [1.54, 1.807) is 16.8 Å². The van der Waals surface area contributed by atoms with E-state index in [1.807, 2.05) is 48.5 Å². The second-order valence-electron chi connectivity index (χ2n) is 7.72. The van der Waals surface area contributed by atoms with E-state index in [2.05, 4.69) is 4.98 Å². The van der Waals surface area contributed by atoms with E-state index in [0.29, 0.717) is 49.0 Å². The second kappa shape index (κ2) is 8.88. The largest absolute Gasteiger partial charge is 0.439 e. The van der Waals surface area contributed by atoms with E-state index in [1.165, 1.54) is 0 Å². The zero-order valence-electron chi connectivity index (χ0n) is 16.9. The first-order valence-corrected chi connectivity index (χ1v) is 10.5. The van der Waals surface area contributed by atoms with E-state index in [4.69, 9.17) is 16.0 Å². The Morgan fingerprint density at radius 3 is 2.77 bits per heavy atom. The number of hydrogen-bond acceptors (Lipinski definition) is 4. The maximum Gasteiger partial charge on any atom is 0.227 e. The van der Waals surface area contributed by atoms with Crippen LogP contribution in [0.2, 0.25) is 5.02 Å². The van der Waals surface area contributed by atoms with Gasteiger partial charge in [0.15, 0.2) is 5.58 Å². The lowest BCUT2D eigenvalue weighted by atomic mass is 9.95. The van der Waals surface area contributed by atoms with Gasteiger partial charge in [-0.2, -0.15) is 0 Å². The van der Waals surface area contributed by atoms with Crippen LogP contribution in [0.3, 0.4) is 0 Å². The number of carbonyl (C=O) groups excluding carboxylic acids is 2. The Labute approximate surface area is 180 Å². The summed E-state index contributed by atoms with van der Waals surface area (Å²) in [5, 5.41) is 0.695. The summed E-state index contributed by atoms with van der Waals surface area (Å²) >= 11 is 5.93. The molecule has 2 amide bonds. The lowest BCUT2D eigenvalue weighted by Gasteiger charge is -2.33. The molecule has 1 atom stereocenters. The van der Waals surface area contributed by atoms with Crippen molar-refractivity contribution in [2.75, 3.05) is 20.1 Å². The number of para-hydroxylation sites is 2. The molecule has 7 heteroatoms. The predicted octanol–water partition coefficient (Wildman–Crippen LogP) is 3.92. The molecule has 3 aromatic rings. The summed E-state index contributed by atoms with van der Waals surface area (Å²) in [4.78, 5) is 33.2. The molecule has 1 aliphatic rings. The number of halogens is 1. The molecular formula is C23H24ClN3O3. The van der Waals surface area contributed by atoms with Gasteiger partial charge in [-0.3, -0.25) is 9.59 Å². The Bertz CT molecular complexity index is 1010. The van der Waals surface area contributed by atoms with Gasteiger partial charge in [0, 0.05) is 31.6 Å². The van der Waals surface area contributed by atoms with Crippen LogP contribution in [0.1, 0.15) is 24.3 Å². The van der Waals surface area contributed by atoms with Crippen LogP contribution in [0.15, 0.2) is 52.9 Å². The fourth-order valence-electron chi connectivity index (χ4n) is 3.83. The molecule has 1 fully saturated rings. The highest BCUT2D eigenvalue weighted by Crippen LogP contribution is 2.22. The number of aromatic nitrogens is 1. The molecule has 0 aliphatic carbocycles. The molecule has 0 N–H and O–H groups in total. The van der Waals surface area contributed by atoms with Crippen molar-refractivity contribution in [1.29, 1.82) is 0 Å². The number of amides is 2. The summed E-state index contributed by atoms with van der Waals surface area (Å²) in [6.07, 6.45) is 1.71. The van der Waals surface area contributed by atoms with Gasteiger partial charge in [-0.05, 0) is 42.7 Å². The number of nitrogens with zero attached hydrogens (tertiary/aromatic N) is 3. The van der Waals surface area contributed by atoms with Crippen molar-refractivity contribution in [3.05, 3.63) is 65.0 Å². The lowest BCUT2D eigenvalue weighted by Crippen LogP contribution is -2.46. The molecule has 0 unspecified atom stereocenters. The van der Waals surface area contributed by atoms with E-state index in [9.17, 15) is 9.59 Å². The highest BCUT2D eigenvalue weighted by atomic mass is 35.5. The van der Waals surface area contributed by atoms with Crippen LogP contribution in [0, 0.1) is 5.92 Å². The van der Waals surface area contributed by atoms with Crippen LogP contribution in [0.5, 0.6) is 0 Å². The number of rotatable bonds is 6. The minimum absolute atomic E-state index is 0.0150. The molecule has 2 heterocycles. The third-order valence-corrected chi connectivity index (χ3v) is 5.77. The van der Waals surface area contributed by atoms with Crippen molar-refractivity contribution in [3.63, 3.8) is 0 Å². The van der Waals surface area contributed by atoms with E-state index >= 15 is 0 Å². The first-order valence-electron chi connectivity index (χ1n) is 10.1. The Balaban J connectivity index is 1.35. The lowest BCUT2D eigenvalue weighted by molar-refractivity contribution is -0.142. The van der Waals surface area contributed by atoms with Gasteiger partial charge >= 0.3 is 0 Å². The molecule has 30 heavy (non-hydrogen) atoms. The predicted molar refractivity (Wildman–Crippen MR) is 115 cm³/mol. The van der Waals surface area contributed by atoms with Gasteiger partial charge in [0.2, 0.25) is 17.7 Å². The minimum Gasteiger partial charge on any atom is -0.439 e. The van der Waals surface area contributed by atoms with Gasteiger partial charge in [-0.1, -0.05) is 35.9 Å². The van der Waals surface area contributed by atoms with Crippen molar-refractivity contribution in [2.24, 2.45) is 5.92 Å². The summed E-state index contributed by atoms with van der Waals surface area (Å²) in [7, 11) is 1.76. The van der Waals surface area contributed by atoms with Crippen LogP contribution in [0.25, 0.3) is 11.1 Å². The zero-order valence-corrected chi connectivity index (χ0v) is 17.6. The first kappa shape index (κ1) is 20.4. The fraction of sp³-hybridized carbons (Fsp3) is 0.348. The van der Waals surface area contributed by atoms with E-state index in [-0.39, 0.29) is 17.7 Å². The summed E-state index contributed by atoms with van der Waals surface area (Å²) in [5.74, 6) is 0.427. The quantitative estimate of drug-likeness (QED) is 0.600. The molecule has 1 aromatic heterocycles. The van der Waals surface area contributed by atoms with Crippen LogP contribution >= 0.6 is 11.6 Å². The van der Waals surface area contributed by atoms with Crippen molar-refractivity contribution < 1.29 is 14.0 Å². The van der Waals surface area contributed by atoms with Gasteiger partial charge in [-0.25, -0.2) is 4.98 Å². The van der Waals surface area contributed by atoms with Gasteiger partial charge in [-0.15, -0.1) is 0 Å². The van der Waals surface area contributed by atoms with Crippen LogP contribution in [-0.4, -0.2) is 46.7 Å².